The number of hydrogen-bond acceptors (Lipinski definition) is 4. The highest BCUT2D eigenvalue weighted by atomic mass is 35.5. The molecule has 1 saturated heterocycles. The maximum Gasteiger partial charge on any atom is 0.186 e. The summed E-state index contributed by atoms with van der Waals surface area (Å²) < 4.78 is 1.27. The van der Waals surface area contributed by atoms with E-state index in [-0.39, 0.29) is 0 Å². The van der Waals surface area contributed by atoms with Gasteiger partial charge >= 0.3 is 0 Å². The van der Waals surface area contributed by atoms with Crippen LogP contribution in [-0.4, -0.2) is 31.2 Å². The molecule has 130 valence electrons. The molecule has 4 rings (SSSR count). The number of rotatable bonds is 3. The molecule has 3 nitrogen and oxygen atoms in total. The molecule has 0 bridgehead atoms. The lowest BCUT2D eigenvalue weighted by Crippen LogP contribution is -2.46. The average molecular weight is 392 g/mol. The largest absolute Gasteiger partial charge is 0.367 e. The Labute approximate surface area is 161 Å². The molecular formula is C19H19Cl2N3S. The van der Waals surface area contributed by atoms with Crippen LogP contribution in [0.4, 0.5) is 10.8 Å². The topological polar surface area (TPSA) is 19.4 Å². The number of nitrogens with zero attached hydrogens (tertiary/aromatic N) is 3. The number of para-hydroxylation sites is 1. The SMILES string of the molecule is CCc1cccc2sc(N3CCN(c4cccc(Cl)c4Cl)CC3)nc12. The molecule has 0 radical (unpaired) electrons. The Balaban J connectivity index is 1.53. The number of fused-ring (bicyclic) bond motifs is 1. The second-order valence-electron chi connectivity index (χ2n) is 6.16. The number of halogens is 2. The summed E-state index contributed by atoms with van der Waals surface area (Å²) in [5.74, 6) is 0. The van der Waals surface area contributed by atoms with Crippen molar-refractivity contribution in [2.24, 2.45) is 0 Å². The van der Waals surface area contributed by atoms with Gasteiger partial charge in [0, 0.05) is 26.2 Å². The van der Waals surface area contributed by atoms with Crippen LogP contribution in [0.5, 0.6) is 0 Å². The third-order valence-corrected chi connectivity index (χ3v) is 6.58. The molecule has 0 saturated carbocycles. The Morgan fingerprint density at radius 3 is 2.48 bits per heavy atom. The molecule has 0 spiro atoms. The first-order valence-electron chi connectivity index (χ1n) is 8.49. The molecular weight excluding hydrogens is 373 g/mol. The van der Waals surface area contributed by atoms with Gasteiger partial charge in [0.2, 0.25) is 0 Å². The van der Waals surface area contributed by atoms with Crippen LogP contribution >= 0.6 is 34.5 Å². The van der Waals surface area contributed by atoms with Crippen LogP contribution in [0.1, 0.15) is 12.5 Å². The van der Waals surface area contributed by atoms with Gasteiger partial charge in [-0.1, -0.05) is 59.7 Å². The van der Waals surface area contributed by atoms with E-state index in [0.717, 1.165) is 48.9 Å². The normalized spacial score (nSPS) is 15.2. The molecule has 1 aliphatic heterocycles. The number of aryl methyl sites for hydroxylation is 1. The number of benzene rings is 2. The van der Waals surface area contributed by atoms with Crippen molar-refractivity contribution in [2.75, 3.05) is 36.0 Å². The van der Waals surface area contributed by atoms with E-state index in [9.17, 15) is 0 Å². The van der Waals surface area contributed by atoms with E-state index in [4.69, 9.17) is 28.2 Å². The number of hydrogen-bond donors (Lipinski definition) is 0. The summed E-state index contributed by atoms with van der Waals surface area (Å²) in [7, 11) is 0. The van der Waals surface area contributed by atoms with Gasteiger partial charge in [-0.25, -0.2) is 4.98 Å². The van der Waals surface area contributed by atoms with Crippen molar-refractivity contribution in [3.63, 3.8) is 0 Å². The third kappa shape index (κ3) is 3.19. The molecule has 1 aromatic heterocycles. The highest BCUT2D eigenvalue weighted by molar-refractivity contribution is 7.22. The lowest BCUT2D eigenvalue weighted by atomic mass is 10.1. The van der Waals surface area contributed by atoms with E-state index in [0.29, 0.717) is 10.0 Å². The highest BCUT2D eigenvalue weighted by Gasteiger charge is 2.22. The van der Waals surface area contributed by atoms with E-state index < -0.39 is 0 Å². The van der Waals surface area contributed by atoms with Gasteiger partial charge in [-0.05, 0) is 30.2 Å². The van der Waals surface area contributed by atoms with Crippen LogP contribution in [0.25, 0.3) is 10.2 Å². The first-order valence-corrected chi connectivity index (χ1v) is 10.1. The molecule has 0 unspecified atom stereocenters. The molecule has 2 heterocycles. The van der Waals surface area contributed by atoms with Gasteiger partial charge in [-0.3, -0.25) is 0 Å². The lowest BCUT2D eigenvalue weighted by molar-refractivity contribution is 0.652. The zero-order valence-electron chi connectivity index (χ0n) is 14.0. The minimum atomic E-state index is 0.611. The Bertz CT molecular complexity index is 901. The summed E-state index contributed by atoms with van der Waals surface area (Å²) in [5, 5.41) is 2.37. The second kappa shape index (κ2) is 7.02. The van der Waals surface area contributed by atoms with Gasteiger partial charge in [0.25, 0.3) is 0 Å². The Hall–Kier alpha value is -1.49. The van der Waals surface area contributed by atoms with Crippen LogP contribution in [0.2, 0.25) is 10.0 Å². The van der Waals surface area contributed by atoms with Gasteiger partial charge in [-0.2, -0.15) is 0 Å². The fourth-order valence-corrected chi connectivity index (χ4v) is 4.77. The molecule has 3 aromatic rings. The summed E-state index contributed by atoms with van der Waals surface area (Å²) in [6.45, 7) is 5.88. The standard InChI is InChI=1S/C19H19Cl2N3S/c1-2-13-5-3-8-16-18(13)22-19(25-16)24-11-9-23(10-12-24)15-7-4-6-14(20)17(15)21/h3-8H,2,9-12H2,1H3. The summed E-state index contributed by atoms with van der Waals surface area (Å²) in [6.07, 6.45) is 1.02. The predicted octanol–water partition coefficient (Wildman–Crippen LogP) is 5.49. The maximum atomic E-state index is 6.37. The van der Waals surface area contributed by atoms with E-state index in [2.05, 4.69) is 34.9 Å². The first-order chi connectivity index (χ1) is 12.2. The van der Waals surface area contributed by atoms with Crippen molar-refractivity contribution in [1.29, 1.82) is 0 Å². The summed E-state index contributed by atoms with van der Waals surface area (Å²) in [4.78, 5) is 9.59. The number of anilines is 2. The minimum absolute atomic E-state index is 0.611. The Kier molecular flexibility index (Phi) is 4.76. The monoisotopic (exact) mass is 391 g/mol. The molecule has 0 N–H and O–H groups in total. The zero-order valence-corrected chi connectivity index (χ0v) is 16.3. The number of thiazole rings is 1. The number of aromatic nitrogens is 1. The maximum absolute atomic E-state index is 6.37. The highest BCUT2D eigenvalue weighted by Crippen LogP contribution is 2.35. The van der Waals surface area contributed by atoms with Crippen molar-refractivity contribution in [1.82, 2.24) is 4.98 Å². The minimum Gasteiger partial charge on any atom is -0.367 e. The van der Waals surface area contributed by atoms with Gasteiger partial charge in [0.1, 0.15) is 0 Å². The lowest BCUT2D eigenvalue weighted by Gasteiger charge is -2.36. The van der Waals surface area contributed by atoms with Crippen LogP contribution in [-0.2, 0) is 6.42 Å². The van der Waals surface area contributed by atoms with Crippen LogP contribution in [0.15, 0.2) is 36.4 Å². The summed E-state index contributed by atoms with van der Waals surface area (Å²) in [5.41, 5.74) is 3.50. The van der Waals surface area contributed by atoms with E-state index in [1.807, 2.05) is 18.2 Å². The molecule has 6 heteroatoms. The van der Waals surface area contributed by atoms with E-state index in [1.54, 1.807) is 11.3 Å². The van der Waals surface area contributed by atoms with Crippen LogP contribution < -0.4 is 9.80 Å². The van der Waals surface area contributed by atoms with Gasteiger partial charge < -0.3 is 9.80 Å². The fourth-order valence-electron chi connectivity index (χ4n) is 3.29. The molecule has 0 amide bonds. The quantitative estimate of drug-likeness (QED) is 0.587. The smallest absolute Gasteiger partial charge is 0.186 e. The van der Waals surface area contributed by atoms with E-state index in [1.165, 1.54) is 10.3 Å². The van der Waals surface area contributed by atoms with Gasteiger partial charge in [0.15, 0.2) is 5.13 Å². The van der Waals surface area contributed by atoms with Crippen molar-refractivity contribution in [3.05, 3.63) is 52.0 Å². The van der Waals surface area contributed by atoms with Gasteiger partial charge in [0.05, 0.1) is 25.9 Å². The number of piperazine rings is 1. The molecule has 2 aromatic carbocycles. The third-order valence-electron chi connectivity index (χ3n) is 4.69. The molecule has 0 atom stereocenters. The molecule has 0 aliphatic carbocycles. The average Bonchev–Trinajstić information content (AvgIpc) is 3.08. The Morgan fingerprint density at radius 2 is 1.72 bits per heavy atom. The molecule has 1 aliphatic rings. The van der Waals surface area contributed by atoms with E-state index >= 15 is 0 Å². The van der Waals surface area contributed by atoms with Crippen molar-refractivity contribution < 1.29 is 0 Å². The second-order valence-corrected chi connectivity index (χ2v) is 7.96. The van der Waals surface area contributed by atoms with Crippen molar-refractivity contribution in [3.8, 4) is 0 Å². The van der Waals surface area contributed by atoms with Crippen molar-refractivity contribution in [2.45, 2.75) is 13.3 Å². The summed E-state index contributed by atoms with van der Waals surface area (Å²) >= 11 is 14.3. The van der Waals surface area contributed by atoms with Crippen LogP contribution in [0.3, 0.4) is 0 Å². The zero-order chi connectivity index (χ0) is 17.4. The van der Waals surface area contributed by atoms with Crippen molar-refractivity contribution >= 4 is 55.6 Å². The first kappa shape index (κ1) is 17.0. The van der Waals surface area contributed by atoms with Gasteiger partial charge in [-0.15, -0.1) is 0 Å². The summed E-state index contributed by atoms with van der Waals surface area (Å²) in [6, 6.07) is 12.3. The molecule has 1 fully saturated rings. The predicted molar refractivity (Wildman–Crippen MR) is 110 cm³/mol. The fraction of sp³-hybridized carbons (Fsp3) is 0.316. The van der Waals surface area contributed by atoms with Crippen LogP contribution in [0, 0.1) is 0 Å². The molecule has 25 heavy (non-hydrogen) atoms. The Morgan fingerprint density at radius 1 is 1.00 bits per heavy atom.